The van der Waals surface area contributed by atoms with Gasteiger partial charge in [-0.25, -0.2) is 13.2 Å². The van der Waals surface area contributed by atoms with E-state index < -0.39 is 10.0 Å². The highest BCUT2D eigenvalue weighted by Gasteiger charge is 2.30. The first-order valence-corrected chi connectivity index (χ1v) is 8.77. The van der Waals surface area contributed by atoms with Gasteiger partial charge in [0.25, 0.3) is 0 Å². The van der Waals surface area contributed by atoms with Crippen molar-refractivity contribution in [3.05, 3.63) is 28.7 Å². The Kier molecular flexibility index (Phi) is 4.90. The molecule has 0 aromatic heterocycles. The van der Waals surface area contributed by atoms with Crippen molar-refractivity contribution in [2.24, 2.45) is 0 Å². The minimum Gasteiger partial charge on any atom is -0.331 e. The maximum absolute atomic E-state index is 12.5. The Morgan fingerprint density at radius 2 is 1.62 bits per heavy atom. The highest BCUT2D eigenvalue weighted by Crippen LogP contribution is 2.20. The molecule has 0 radical (unpaired) electrons. The summed E-state index contributed by atoms with van der Waals surface area (Å²) in [5, 5.41) is 0. The molecule has 1 aliphatic rings. The van der Waals surface area contributed by atoms with Gasteiger partial charge in [0.1, 0.15) is 0 Å². The fourth-order valence-corrected chi connectivity index (χ4v) is 3.84. The van der Waals surface area contributed by atoms with Gasteiger partial charge < -0.3 is 9.80 Å². The summed E-state index contributed by atoms with van der Waals surface area (Å²) in [5.74, 6) is 0. The lowest BCUT2D eigenvalue weighted by atomic mass is 10.4. The molecule has 1 saturated heterocycles. The minimum absolute atomic E-state index is 0.0873. The summed E-state index contributed by atoms with van der Waals surface area (Å²) in [6.07, 6.45) is 0. The molecular weight excluding hydrogens is 358 g/mol. The number of benzene rings is 1. The zero-order valence-corrected chi connectivity index (χ0v) is 14.4. The molecule has 116 valence electrons. The third-order valence-corrected chi connectivity index (χ3v) is 5.78. The molecule has 1 aliphatic heterocycles. The normalized spacial score (nSPS) is 16.8. The molecule has 8 heteroatoms. The van der Waals surface area contributed by atoms with E-state index in [0.29, 0.717) is 26.2 Å². The maximum atomic E-state index is 12.5. The molecule has 0 atom stereocenters. The van der Waals surface area contributed by atoms with Crippen LogP contribution in [0.3, 0.4) is 0 Å². The molecule has 0 bridgehead atoms. The topological polar surface area (TPSA) is 60.9 Å². The van der Waals surface area contributed by atoms with Crippen LogP contribution in [0.15, 0.2) is 33.6 Å². The monoisotopic (exact) mass is 375 g/mol. The van der Waals surface area contributed by atoms with Crippen molar-refractivity contribution in [3.63, 3.8) is 0 Å². The lowest BCUT2D eigenvalue weighted by Gasteiger charge is -2.35. The zero-order valence-electron chi connectivity index (χ0n) is 12.0. The first kappa shape index (κ1) is 16.3. The molecule has 0 saturated carbocycles. The summed E-state index contributed by atoms with van der Waals surface area (Å²) in [4.78, 5) is 15.3. The van der Waals surface area contributed by atoms with Crippen LogP contribution in [0.25, 0.3) is 0 Å². The number of amides is 2. The Morgan fingerprint density at radius 1 is 1.10 bits per heavy atom. The predicted octanol–water partition coefficient (Wildman–Crippen LogP) is 1.44. The number of hydrogen-bond donors (Lipinski definition) is 0. The molecule has 1 fully saturated rings. The smallest absolute Gasteiger partial charge is 0.319 e. The summed E-state index contributed by atoms with van der Waals surface area (Å²) in [6.45, 7) is 1.45. The van der Waals surface area contributed by atoms with Crippen LogP contribution in [0.5, 0.6) is 0 Å². The number of sulfonamides is 1. The molecule has 0 spiro atoms. The van der Waals surface area contributed by atoms with Crippen molar-refractivity contribution in [2.45, 2.75) is 4.90 Å². The van der Waals surface area contributed by atoms with E-state index in [1.165, 1.54) is 9.21 Å². The van der Waals surface area contributed by atoms with E-state index in [1.54, 1.807) is 43.3 Å². The second-order valence-electron chi connectivity index (χ2n) is 5.02. The second kappa shape index (κ2) is 6.33. The van der Waals surface area contributed by atoms with E-state index in [4.69, 9.17) is 0 Å². The number of piperazine rings is 1. The van der Waals surface area contributed by atoms with E-state index >= 15 is 0 Å². The summed E-state index contributed by atoms with van der Waals surface area (Å²) in [5.41, 5.74) is 0. The molecule has 2 rings (SSSR count). The Labute approximate surface area is 133 Å². The van der Waals surface area contributed by atoms with E-state index in [1.807, 2.05) is 0 Å². The number of urea groups is 1. The summed E-state index contributed by atoms with van der Waals surface area (Å²) in [7, 11) is -0.112. The molecule has 2 amide bonds. The van der Waals surface area contributed by atoms with Gasteiger partial charge in [-0.15, -0.1) is 0 Å². The van der Waals surface area contributed by atoms with Crippen LogP contribution >= 0.6 is 15.9 Å². The van der Waals surface area contributed by atoms with Crippen molar-refractivity contribution in [2.75, 3.05) is 40.3 Å². The number of carbonyl (C=O) groups is 1. The highest BCUT2D eigenvalue weighted by atomic mass is 79.9. The van der Waals surface area contributed by atoms with E-state index in [-0.39, 0.29) is 10.9 Å². The molecule has 21 heavy (non-hydrogen) atoms. The van der Waals surface area contributed by atoms with Gasteiger partial charge in [0, 0.05) is 44.7 Å². The first-order valence-electron chi connectivity index (χ1n) is 6.54. The van der Waals surface area contributed by atoms with Crippen LogP contribution in [0.4, 0.5) is 4.79 Å². The Hall–Kier alpha value is -1.12. The van der Waals surface area contributed by atoms with Gasteiger partial charge in [-0.05, 0) is 24.3 Å². The molecule has 0 N–H and O–H groups in total. The van der Waals surface area contributed by atoms with Gasteiger partial charge in [-0.3, -0.25) is 0 Å². The van der Waals surface area contributed by atoms with Gasteiger partial charge in [-0.2, -0.15) is 4.31 Å². The standard InChI is InChI=1S/C13H18BrN3O3S/c1-15(2)13(18)16-7-9-17(10-8-16)21(19,20)12-5-3-11(14)4-6-12/h3-6H,7-10H2,1-2H3. The van der Waals surface area contributed by atoms with Crippen LogP contribution in [0.1, 0.15) is 0 Å². The molecule has 1 aromatic carbocycles. The van der Waals surface area contributed by atoms with Gasteiger partial charge in [0.15, 0.2) is 0 Å². The number of rotatable bonds is 2. The largest absolute Gasteiger partial charge is 0.331 e. The van der Waals surface area contributed by atoms with Crippen LogP contribution in [0.2, 0.25) is 0 Å². The molecule has 6 nitrogen and oxygen atoms in total. The van der Waals surface area contributed by atoms with Crippen LogP contribution < -0.4 is 0 Å². The van der Waals surface area contributed by atoms with Gasteiger partial charge >= 0.3 is 6.03 Å². The average Bonchev–Trinajstić information content (AvgIpc) is 2.47. The molecule has 1 aromatic rings. The Morgan fingerprint density at radius 3 is 2.10 bits per heavy atom. The molecular formula is C13H18BrN3O3S. The van der Waals surface area contributed by atoms with Crippen molar-refractivity contribution in [3.8, 4) is 0 Å². The highest BCUT2D eigenvalue weighted by molar-refractivity contribution is 9.10. The van der Waals surface area contributed by atoms with Crippen molar-refractivity contribution in [1.29, 1.82) is 0 Å². The lowest BCUT2D eigenvalue weighted by Crippen LogP contribution is -2.52. The van der Waals surface area contributed by atoms with Crippen molar-refractivity contribution in [1.82, 2.24) is 14.1 Å². The van der Waals surface area contributed by atoms with Gasteiger partial charge in [0.05, 0.1) is 4.90 Å². The Balaban J connectivity index is 2.07. The third-order valence-electron chi connectivity index (χ3n) is 3.34. The van der Waals surface area contributed by atoms with Crippen LogP contribution in [0, 0.1) is 0 Å². The fraction of sp³-hybridized carbons (Fsp3) is 0.462. The molecule has 1 heterocycles. The number of nitrogens with zero attached hydrogens (tertiary/aromatic N) is 3. The summed E-state index contributed by atoms with van der Waals surface area (Å²) in [6, 6.07) is 6.49. The molecule has 0 unspecified atom stereocenters. The zero-order chi connectivity index (χ0) is 15.6. The minimum atomic E-state index is -3.49. The number of carbonyl (C=O) groups excluding carboxylic acids is 1. The SMILES string of the molecule is CN(C)C(=O)N1CCN(S(=O)(=O)c2ccc(Br)cc2)CC1. The van der Waals surface area contributed by atoms with Gasteiger partial charge in [0.2, 0.25) is 10.0 Å². The number of halogens is 1. The van der Waals surface area contributed by atoms with E-state index in [0.717, 1.165) is 4.47 Å². The van der Waals surface area contributed by atoms with Crippen LogP contribution in [-0.4, -0.2) is 68.8 Å². The average molecular weight is 376 g/mol. The fourth-order valence-electron chi connectivity index (χ4n) is 2.16. The maximum Gasteiger partial charge on any atom is 0.319 e. The lowest BCUT2D eigenvalue weighted by molar-refractivity contribution is 0.149. The first-order chi connectivity index (χ1) is 9.82. The van der Waals surface area contributed by atoms with E-state index in [9.17, 15) is 13.2 Å². The summed E-state index contributed by atoms with van der Waals surface area (Å²) >= 11 is 3.29. The summed E-state index contributed by atoms with van der Waals surface area (Å²) < 4.78 is 27.3. The molecule has 0 aliphatic carbocycles. The van der Waals surface area contributed by atoms with Crippen molar-refractivity contribution >= 4 is 32.0 Å². The predicted molar refractivity (Wildman–Crippen MR) is 83.6 cm³/mol. The quantitative estimate of drug-likeness (QED) is 0.785. The van der Waals surface area contributed by atoms with Crippen molar-refractivity contribution < 1.29 is 13.2 Å². The Bertz CT molecular complexity index is 608. The number of hydrogen-bond acceptors (Lipinski definition) is 3. The van der Waals surface area contributed by atoms with E-state index in [2.05, 4.69) is 15.9 Å². The van der Waals surface area contributed by atoms with Gasteiger partial charge in [-0.1, -0.05) is 15.9 Å². The van der Waals surface area contributed by atoms with Crippen LogP contribution in [-0.2, 0) is 10.0 Å². The second-order valence-corrected chi connectivity index (χ2v) is 7.88. The third kappa shape index (κ3) is 3.56.